The zero-order valence-corrected chi connectivity index (χ0v) is 11.7. The van der Waals surface area contributed by atoms with Crippen LogP contribution in [0.3, 0.4) is 0 Å². The number of carbonyl (C=O) groups excluding carboxylic acids is 3. The van der Waals surface area contributed by atoms with E-state index in [4.69, 9.17) is 0 Å². The highest BCUT2D eigenvalue weighted by atomic mass is 16.2. The predicted molar refractivity (Wildman–Crippen MR) is 72.2 cm³/mol. The van der Waals surface area contributed by atoms with Gasteiger partial charge in [0.2, 0.25) is 5.91 Å². The number of hydrogen-bond acceptors (Lipinski definition) is 4. The highest BCUT2D eigenvalue weighted by molar-refractivity contribution is 6.07. The van der Waals surface area contributed by atoms with Crippen LogP contribution in [0.25, 0.3) is 0 Å². The van der Waals surface area contributed by atoms with Gasteiger partial charge in [-0.25, -0.2) is 4.79 Å². The summed E-state index contributed by atoms with van der Waals surface area (Å²) >= 11 is 0. The zero-order chi connectivity index (χ0) is 15.0. The number of rotatable bonds is 2. The molecule has 1 aromatic rings. The van der Waals surface area contributed by atoms with E-state index in [0.29, 0.717) is 19.4 Å². The molecule has 0 saturated carbocycles. The second kappa shape index (κ2) is 4.87. The summed E-state index contributed by atoms with van der Waals surface area (Å²) in [5.41, 5.74) is -0.977. The topological polar surface area (TPSA) is 96.3 Å². The number of imide groups is 1. The van der Waals surface area contributed by atoms with E-state index in [-0.39, 0.29) is 18.4 Å². The molecule has 1 aromatic heterocycles. The minimum atomic E-state index is -0.977. The van der Waals surface area contributed by atoms with Crippen molar-refractivity contribution in [1.82, 2.24) is 25.3 Å². The van der Waals surface area contributed by atoms with Crippen LogP contribution in [-0.2, 0) is 9.59 Å². The van der Waals surface area contributed by atoms with Crippen LogP contribution in [0.2, 0.25) is 0 Å². The molecule has 0 bridgehead atoms. The van der Waals surface area contributed by atoms with Crippen molar-refractivity contribution < 1.29 is 14.4 Å². The Bertz CT molecular complexity index is 585. The number of nitrogens with zero attached hydrogens (tertiary/aromatic N) is 3. The van der Waals surface area contributed by atoms with E-state index in [1.165, 1.54) is 0 Å². The zero-order valence-electron chi connectivity index (χ0n) is 11.7. The van der Waals surface area contributed by atoms with Crippen molar-refractivity contribution in [2.24, 2.45) is 0 Å². The van der Waals surface area contributed by atoms with Crippen molar-refractivity contribution >= 4 is 17.8 Å². The minimum absolute atomic E-state index is 0.105. The Labute approximate surface area is 121 Å². The molecule has 8 nitrogen and oxygen atoms in total. The summed E-state index contributed by atoms with van der Waals surface area (Å²) in [6, 6.07) is 0.830. The maximum Gasteiger partial charge on any atom is 0.322 e. The predicted octanol–water partition coefficient (Wildman–Crippen LogP) is -0.355. The van der Waals surface area contributed by atoms with Gasteiger partial charge in [-0.3, -0.25) is 19.6 Å². The molecule has 2 aliphatic rings. The van der Waals surface area contributed by atoms with Gasteiger partial charge in [-0.15, -0.1) is 0 Å². The third-order valence-electron chi connectivity index (χ3n) is 4.10. The van der Waals surface area contributed by atoms with E-state index in [1.54, 1.807) is 35.0 Å². The summed E-state index contributed by atoms with van der Waals surface area (Å²) in [7, 11) is 0. The van der Waals surface area contributed by atoms with Crippen molar-refractivity contribution in [3.8, 4) is 0 Å². The van der Waals surface area contributed by atoms with Crippen LogP contribution in [0, 0.1) is 0 Å². The van der Waals surface area contributed by atoms with Crippen molar-refractivity contribution in [3.63, 3.8) is 0 Å². The average molecular weight is 291 g/mol. The fraction of sp³-hybridized carbons (Fsp3) is 0.538. The largest absolute Gasteiger partial charge is 0.338 e. The quantitative estimate of drug-likeness (QED) is 0.728. The minimum Gasteiger partial charge on any atom is -0.338 e. The molecule has 3 heterocycles. The Morgan fingerprint density at radius 1 is 1.48 bits per heavy atom. The number of likely N-dealkylation sites (tertiary alicyclic amines) is 1. The molecule has 21 heavy (non-hydrogen) atoms. The Morgan fingerprint density at radius 2 is 2.29 bits per heavy atom. The Morgan fingerprint density at radius 3 is 2.90 bits per heavy atom. The molecule has 0 aliphatic carbocycles. The second-order valence-corrected chi connectivity index (χ2v) is 5.52. The number of piperidine rings is 1. The molecule has 8 heteroatoms. The van der Waals surface area contributed by atoms with Gasteiger partial charge in [-0.2, -0.15) is 5.10 Å². The van der Waals surface area contributed by atoms with Gasteiger partial charge < -0.3 is 10.2 Å². The van der Waals surface area contributed by atoms with Gasteiger partial charge in [0, 0.05) is 18.9 Å². The van der Waals surface area contributed by atoms with Gasteiger partial charge in [-0.05, 0) is 25.8 Å². The van der Waals surface area contributed by atoms with Gasteiger partial charge in [0.05, 0.1) is 6.54 Å². The molecule has 2 aliphatic heterocycles. The number of aromatic nitrogens is 2. The first-order valence-corrected chi connectivity index (χ1v) is 6.93. The standard InChI is InChI=1S/C13H17N5O3/c1-9(18-7-3-5-14-18)10(19)17-6-2-4-13(8-17)11(20)15-12(21)16-13/h3,5,7,9H,2,4,6,8H2,1H3,(H2,15,16,20,21). The molecule has 2 unspecified atom stereocenters. The summed E-state index contributed by atoms with van der Waals surface area (Å²) in [6.45, 7) is 2.55. The van der Waals surface area contributed by atoms with E-state index in [9.17, 15) is 14.4 Å². The lowest BCUT2D eigenvalue weighted by atomic mass is 9.89. The maximum atomic E-state index is 12.5. The smallest absolute Gasteiger partial charge is 0.322 e. The molecule has 2 saturated heterocycles. The summed E-state index contributed by atoms with van der Waals surface area (Å²) in [4.78, 5) is 37.5. The lowest BCUT2D eigenvalue weighted by Crippen LogP contribution is -2.60. The molecule has 4 amide bonds. The van der Waals surface area contributed by atoms with Gasteiger partial charge in [-0.1, -0.05) is 0 Å². The first kappa shape index (κ1) is 13.6. The van der Waals surface area contributed by atoms with E-state index >= 15 is 0 Å². The van der Waals surface area contributed by atoms with E-state index in [1.807, 2.05) is 0 Å². The van der Waals surface area contributed by atoms with Gasteiger partial charge >= 0.3 is 6.03 Å². The number of amides is 4. The van der Waals surface area contributed by atoms with Gasteiger partial charge in [0.1, 0.15) is 11.6 Å². The summed E-state index contributed by atoms with van der Waals surface area (Å²) in [5.74, 6) is -0.455. The molecule has 112 valence electrons. The van der Waals surface area contributed by atoms with Gasteiger partial charge in [0.15, 0.2) is 0 Å². The SMILES string of the molecule is CC(C(=O)N1CCCC2(C1)NC(=O)NC2=O)n1cccn1. The van der Waals surface area contributed by atoms with Crippen LogP contribution >= 0.6 is 0 Å². The molecular formula is C13H17N5O3. The fourth-order valence-electron chi connectivity index (χ4n) is 2.95. The van der Waals surface area contributed by atoms with Crippen LogP contribution in [-0.4, -0.2) is 51.2 Å². The number of nitrogens with one attached hydrogen (secondary N) is 2. The maximum absolute atomic E-state index is 12.5. The summed E-state index contributed by atoms with van der Waals surface area (Å²) in [5, 5.41) is 8.98. The van der Waals surface area contributed by atoms with Crippen molar-refractivity contribution in [3.05, 3.63) is 18.5 Å². The number of urea groups is 1. The average Bonchev–Trinajstić information content (AvgIpc) is 3.07. The van der Waals surface area contributed by atoms with Crippen LogP contribution in [0.4, 0.5) is 4.79 Å². The van der Waals surface area contributed by atoms with Crippen LogP contribution < -0.4 is 10.6 Å². The highest BCUT2D eigenvalue weighted by Crippen LogP contribution is 2.26. The van der Waals surface area contributed by atoms with E-state index < -0.39 is 17.6 Å². The third-order valence-corrected chi connectivity index (χ3v) is 4.10. The summed E-state index contributed by atoms with van der Waals surface area (Å²) in [6.07, 6.45) is 4.56. The summed E-state index contributed by atoms with van der Waals surface area (Å²) < 4.78 is 1.58. The highest BCUT2D eigenvalue weighted by Gasteiger charge is 2.49. The second-order valence-electron chi connectivity index (χ2n) is 5.52. The monoisotopic (exact) mass is 291 g/mol. The van der Waals surface area contributed by atoms with Crippen molar-refractivity contribution in [1.29, 1.82) is 0 Å². The van der Waals surface area contributed by atoms with E-state index in [0.717, 1.165) is 0 Å². The van der Waals surface area contributed by atoms with Crippen LogP contribution in [0.15, 0.2) is 18.5 Å². The fourth-order valence-corrected chi connectivity index (χ4v) is 2.95. The van der Waals surface area contributed by atoms with Crippen molar-refractivity contribution in [2.75, 3.05) is 13.1 Å². The molecule has 0 aromatic carbocycles. The molecule has 3 rings (SSSR count). The van der Waals surface area contributed by atoms with E-state index in [2.05, 4.69) is 15.7 Å². The molecule has 2 fully saturated rings. The Balaban J connectivity index is 1.76. The molecule has 2 N–H and O–H groups in total. The Kier molecular flexibility index (Phi) is 3.15. The van der Waals surface area contributed by atoms with Gasteiger partial charge in [0.25, 0.3) is 5.91 Å². The molecule has 0 radical (unpaired) electrons. The molecular weight excluding hydrogens is 274 g/mol. The number of carbonyl (C=O) groups is 3. The first-order valence-electron chi connectivity index (χ1n) is 6.93. The third kappa shape index (κ3) is 2.26. The Hall–Kier alpha value is -2.38. The van der Waals surface area contributed by atoms with Crippen LogP contribution in [0.5, 0.6) is 0 Å². The lowest BCUT2D eigenvalue weighted by molar-refractivity contribution is -0.139. The normalized spacial score (nSPS) is 26.6. The first-order chi connectivity index (χ1) is 10.0. The number of hydrogen-bond donors (Lipinski definition) is 2. The molecule has 1 spiro atoms. The molecule has 2 atom stereocenters. The van der Waals surface area contributed by atoms with Crippen LogP contribution in [0.1, 0.15) is 25.8 Å². The van der Waals surface area contributed by atoms with Crippen molar-refractivity contribution in [2.45, 2.75) is 31.3 Å². The lowest BCUT2D eigenvalue weighted by Gasteiger charge is -2.39.